The number of nitrogens with one attached hydrogen (secondary N) is 3. The first-order chi connectivity index (χ1) is 10.7. The SMILES string of the molecule is NCCCNCCCCNCCCNC(=O)OCC(O)CO. The Hall–Kier alpha value is -0.930. The highest BCUT2D eigenvalue weighted by Crippen LogP contribution is 1.87. The summed E-state index contributed by atoms with van der Waals surface area (Å²) in [7, 11) is 0. The fourth-order valence-corrected chi connectivity index (χ4v) is 1.66. The molecule has 0 aliphatic heterocycles. The molecule has 0 spiro atoms. The number of unbranched alkanes of at least 4 members (excludes halogenated alkanes) is 1. The summed E-state index contributed by atoms with van der Waals surface area (Å²) in [5.74, 6) is 0. The molecule has 1 atom stereocenters. The van der Waals surface area contributed by atoms with Gasteiger partial charge < -0.3 is 36.6 Å². The quantitative estimate of drug-likeness (QED) is 0.208. The topological polar surface area (TPSA) is 129 Å². The maximum Gasteiger partial charge on any atom is 0.407 e. The highest BCUT2D eigenvalue weighted by atomic mass is 16.6. The molecule has 0 fully saturated rings. The number of nitrogens with two attached hydrogens (primary N) is 1. The van der Waals surface area contributed by atoms with Crippen molar-refractivity contribution >= 4 is 6.09 Å². The van der Waals surface area contributed by atoms with Crippen LogP contribution in [0.25, 0.3) is 0 Å². The van der Waals surface area contributed by atoms with Crippen molar-refractivity contribution in [1.82, 2.24) is 16.0 Å². The Morgan fingerprint density at radius 3 is 2.18 bits per heavy atom. The van der Waals surface area contributed by atoms with E-state index in [0.29, 0.717) is 6.54 Å². The molecule has 0 bridgehead atoms. The zero-order valence-electron chi connectivity index (χ0n) is 13.4. The van der Waals surface area contributed by atoms with E-state index in [-0.39, 0.29) is 6.61 Å². The second kappa shape index (κ2) is 16.4. The van der Waals surface area contributed by atoms with Gasteiger partial charge in [-0.3, -0.25) is 0 Å². The van der Waals surface area contributed by atoms with Crippen LogP contribution in [-0.4, -0.2) is 74.9 Å². The molecule has 0 aliphatic rings. The highest BCUT2D eigenvalue weighted by molar-refractivity contribution is 5.67. The summed E-state index contributed by atoms with van der Waals surface area (Å²) in [5.41, 5.74) is 5.40. The molecule has 0 aromatic rings. The molecule has 22 heavy (non-hydrogen) atoms. The number of aliphatic hydroxyl groups excluding tert-OH is 2. The van der Waals surface area contributed by atoms with Gasteiger partial charge in [-0.15, -0.1) is 0 Å². The van der Waals surface area contributed by atoms with Gasteiger partial charge in [-0.05, 0) is 58.4 Å². The summed E-state index contributed by atoms with van der Waals surface area (Å²) in [4.78, 5) is 11.2. The van der Waals surface area contributed by atoms with Crippen LogP contribution >= 0.6 is 0 Å². The molecular weight excluding hydrogens is 288 g/mol. The minimum absolute atomic E-state index is 0.195. The Balaban J connectivity index is 3.15. The molecule has 0 radical (unpaired) electrons. The lowest BCUT2D eigenvalue weighted by Gasteiger charge is -2.10. The van der Waals surface area contributed by atoms with Gasteiger partial charge in [0.05, 0.1) is 6.61 Å². The van der Waals surface area contributed by atoms with Crippen LogP contribution in [0.3, 0.4) is 0 Å². The predicted octanol–water partition coefficient (Wildman–Crippen LogP) is -1.24. The van der Waals surface area contributed by atoms with E-state index >= 15 is 0 Å². The number of ether oxygens (including phenoxy) is 1. The second-order valence-electron chi connectivity index (χ2n) is 5.06. The minimum Gasteiger partial charge on any atom is -0.447 e. The maximum atomic E-state index is 11.2. The van der Waals surface area contributed by atoms with Crippen molar-refractivity contribution < 1.29 is 19.7 Å². The number of alkyl carbamates (subject to hydrolysis) is 1. The Morgan fingerprint density at radius 2 is 1.59 bits per heavy atom. The Morgan fingerprint density at radius 1 is 1.00 bits per heavy atom. The number of amides is 1. The fourth-order valence-electron chi connectivity index (χ4n) is 1.66. The molecule has 0 rings (SSSR count). The average Bonchev–Trinajstić information content (AvgIpc) is 2.53. The lowest BCUT2D eigenvalue weighted by molar-refractivity contribution is 0.0322. The van der Waals surface area contributed by atoms with Crippen molar-refractivity contribution in [2.24, 2.45) is 5.73 Å². The Bertz CT molecular complexity index is 257. The molecule has 0 saturated carbocycles. The molecule has 0 aromatic heterocycles. The van der Waals surface area contributed by atoms with E-state index in [2.05, 4.69) is 16.0 Å². The standard InChI is InChI=1S/C14H32N4O4/c15-5-3-8-16-6-1-2-7-17-9-4-10-18-14(21)22-12-13(20)11-19/h13,16-17,19-20H,1-12,15H2,(H,18,21). The van der Waals surface area contributed by atoms with Gasteiger partial charge in [0, 0.05) is 6.54 Å². The summed E-state index contributed by atoms with van der Waals surface area (Å²) < 4.78 is 4.70. The van der Waals surface area contributed by atoms with Crippen molar-refractivity contribution in [3.05, 3.63) is 0 Å². The number of carbonyl (C=O) groups is 1. The minimum atomic E-state index is -1.02. The molecule has 8 heteroatoms. The van der Waals surface area contributed by atoms with Gasteiger partial charge in [-0.1, -0.05) is 0 Å². The summed E-state index contributed by atoms with van der Waals surface area (Å²) in [6.07, 6.45) is 2.49. The van der Waals surface area contributed by atoms with Gasteiger partial charge in [-0.2, -0.15) is 0 Å². The van der Waals surface area contributed by atoms with Crippen LogP contribution in [0.4, 0.5) is 4.79 Å². The third-order valence-corrected chi connectivity index (χ3v) is 2.93. The van der Waals surface area contributed by atoms with Gasteiger partial charge in [0.25, 0.3) is 0 Å². The van der Waals surface area contributed by atoms with Crippen molar-refractivity contribution in [1.29, 1.82) is 0 Å². The first-order valence-corrected chi connectivity index (χ1v) is 8.01. The third-order valence-electron chi connectivity index (χ3n) is 2.93. The molecular formula is C14H32N4O4. The van der Waals surface area contributed by atoms with Crippen molar-refractivity contribution in [2.75, 3.05) is 52.5 Å². The largest absolute Gasteiger partial charge is 0.447 e. The van der Waals surface area contributed by atoms with Gasteiger partial charge in [0.1, 0.15) is 12.7 Å². The second-order valence-corrected chi connectivity index (χ2v) is 5.06. The molecule has 0 heterocycles. The van der Waals surface area contributed by atoms with E-state index < -0.39 is 18.8 Å². The summed E-state index contributed by atoms with van der Waals surface area (Å²) in [6.45, 7) is 4.45. The van der Waals surface area contributed by atoms with E-state index in [1.165, 1.54) is 0 Å². The van der Waals surface area contributed by atoms with Crippen molar-refractivity contribution in [2.45, 2.75) is 31.8 Å². The maximum absolute atomic E-state index is 11.2. The third kappa shape index (κ3) is 15.5. The molecule has 8 nitrogen and oxygen atoms in total. The van der Waals surface area contributed by atoms with E-state index in [9.17, 15) is 4.79 Å². The lowest BCUT2D eigenvalue weighted by atomic mass is 10.3. The summed E-state index contributed by atoms with van der Waals surface area (Å²) in [5, 5.41) is 26.8. The number of hydrogen-bond acceptors (Lipinski definition) is 7. The van der Waals surface area contributed by atoms with Crippen molar-refractivity contribution in [3.8, 4) is 0 Å². The fraction of sp³-hybridized carbons (Fsp3) is 0.929. The van der Waals surface area contributed by atoms with Gasteiger partial charge in [-0.25, -0.2) is 4.79 Å². The molecule has 1 amide bonds. The number of rotatable bonds is 15. The molecule has 0 aliphatic carbocycles. The smallest absolute Gasteiger partial charge is 0.407 e. The number of aliphatic hydroxyl groups is 2. The van der Waals surface area contributed by atoms with Crippen LogP contribution in [0, 0.1) is 0 Å². The molecule has 0 aromatic carbocycles. The van der Waals surface area contributed by atoms with Gasteiger partial charge in [0.15, 0.2) is 0 Å². The molecule has 1 unspecified atom stereocenters. The van der Waals surface area contributed by atoms with E-state index in [1.54, 1.807) is 0 Å². The van der Waals surface area contributed by atoms with E-state index in [4.69, 9.17) is 20.7 Å². The number of carbonyl (C=O) groups excluding carboxylic acids is 1. The monoisotopic (exact) mass is 320 g/mol. The van der Waals surface area contributed by atoms with E-state index in [0.717, 1.165) is 58.4 Å². The van der Waals surface area contributed by atoms with Crippen LogP contribution in [0.5, 0.6) is 0 Å². The predicted molar refractivity (Wildman–Crippen MR) is 85.7 cm³/mol. The lowest BCUT2D eigenvalue weighted by Crippen LogP contribution is -2.31. The van der Waals surface area contributed by atoms with Gasteiger partial charge >= 0.3 is 6.09 Å². The van der Waals surface area contributed by atoms with Crippen LogP contribution < -0.4 is 21.7 Å². The first kappa shape index (κ1) is 21.1. The highest BCUT2D eigenvalue weighted by Gasteiger charge is 2.06. The van der Waals surface area contributed by atoms with E-state index in [1.807, 2.05) is 0 Å². The van der Waals surface area contributed by atoms with Crippen LogP contribution in [-0.2, 0) is 4.74 Å². The van der Waals surface area contributed by atoms with Crippen LogP contribution in [0.1, 0.15) is 25.7 Å². The summed E-state index contributed by atoms with van der Waals surface area (Å²) in [6, 6.07) is 0. The van der Waals surface area contributed by atoms with Gasteiger partial charge in [0.2, 0.25) is 0 Å². The van der Waals surface area contributed by atoms with Crippen molar-refractivity contribution in [3.63, 3.8) is 0 Å². The molecule has 7 N–H and O–H groups in total. The number of hydrogen-bond donors (Lipinski definition) is 6. The van der Waals surface area contributed by atoms with Crippen LogP contribution in [0.15, 0.2) is 0 Å². The Labute approximate surface area is 132 Å². The molecule has 0 saturated heterocycles. The Kier molecular flexibility index (Phi) is 15.7. The zero-order chi connectivity index (χ0) is 16.5. The van der Waals surface area contributed by atoms with Crippen LogP contribution in [0.2, 0.25) is 0 Å². The zero-order valence-corrected chi connectivity index (χ0v) is 13.4. The first-order valence-electron chi connectivity index (χ1n) is 8.01. The summed E-state index contributed by atoms with van der Waals surface area (Å²) >= 11 is 0. The average molecular weight is 320 g/mol. The molecule has 132 valence electrons. The normalized spacial score (nSPS) is 12.1.